The average molecular weight is 765 g/mol. The molecule has 4 aromatic rings. The monoisotopic (exact) mass is 764 g/mol. The summed E-state index contributed by atoms with van der Waals surface area (Å²) < 4.78 is 16.1. The van der Waals surface area contributed by atoms with Crippen LogP contribution in [0.2, 0.25) is 0 Å². The van der Waals surface area contributed by atoms with Gasteiger partial charge < -0.3 is 35.9 Å². The van der Waals surface area contributed by atoms with E-state index < -0.39 is 36.1 Å². The molecule has 2 atom stereocenters. The number of anilines is 1. The van der Waals surface area contributed by atoms with Crippen LogP contribution < -0.4 is 26.4 Å². The standard InChI is InChI=1S/C42H46N4O8.C2H6/c1-26(2)38(46-41(50)52-25-36-34-12-6-4-10-32(34)33-11-5-7-13-35(33)36)37(47)23-29(9-8-22-44-40(43)49)39(48)45-30-18-16-28(17-19-30)24-53-42(51)54-31-20-14-27(3)15-21-31;1-2/h4-7,10-21,26,29,36,38H,8-9,22-25H2,1-3H3,(H,45,48)(H,46,50)(H3,43,44,49);1-2H3/t29-,38+;/m1./s1. The minimum atomic E-state index is -0.906. The Labute approximate surface area is 328 Å². The Morgan fingerprint density at radius 2 is 1.39 bits per heavy atom. The molecule has 4 amide bonds. The van der Waals surface area contributed by atoms with Crippen LogP contribution in [0.5, 0.6) is 5.75 Å². The summed E-state index contributed by atoms with van der Waals surface area (Å²) in [5.41, 5.74) is 11.7. The van der Waals surface area contributed by atoms with E-state index >= 15 is 0 Å². The van der Waals surface area contributed by atoms with Crippen LogP contribution in [0.1, 0.15) is 75.1 Å². The summed E-state index contributed by atoms with van der Waals surface area (Å²) in [4.78, 5) is 63.8. The van der Waals surface area contributed by atoms with Crippen molar-refractivity contribution in [2.24, 2.45) is 17.6 Å². The number of carbonyl (C=O) groups is 5. The Hall–Kier alpha value is -6.17. The fourth-order valence-corrected chi connectivity index (χ4v) is 6.44. The third-order valence-corrected chi connectivity index (χ3v) is 9.28. The van der Waals surface area contributed by atoms with E-state index in [-0.39, 0.29) is 50.2 Å². The van der Waals surface area contributed by atoms with Crippen LogP contribution in [-0.2, 0) is 25.7 Å². The number of aryl methyl sites for hydroxylation is 1. The molecular weight excluding hydrogens is 713 g/mol. The molecule has 1 aliphatic rings. The van der Waals surface area contributed by atoms with Crippen molar-refractivity contribution in [2.45, 2.75) is 72.4 Å². The predicted octanol–water partition coefficient (Wildman–Crippen LogP) is 8.26. The molecule has 0 spiro atoms. The Balaban J connectivity index is 0.00000342. The largest absolute Gasteiger partial charge is 0.514 e. The van der Waals surface area contributed by atoms with Gasteiger partial charge in [0.15, 0.2) is 5.78 Å². The van der Waals surface area contributed by atoms with Crippen LogP contribution in [0.4, 0.5) is 20.1 Å². The summed E-state index contributed by atoms with van der Waals surface area (Å²) in [6.07, 6.45) is -1.08. The highest BCUT2D eigenvalue weighted by atomic mass is 16.7. The number of ketones is 1. The van der Waals surface area contributed by atoms with E-state index in [1.807, 2.05) is 83.1 Å². The smallest absolute Gasteiger partial charge is 0.449 e. The first-order valence-corrected chi connectivity index (χ1v) is 19.0. The summed E-state index contributed by atoms with van der Waals surface area (Å²) in [5, 5.41) is 8.11. The van der Waals surface area contributed by atoms with E-state index in [4.69, 9.17) is 19.9 Å². The third-order valence-electron chi connectivity index (χ3n) is 9.28. The number of ether oxygens (including phenoxy) is 3. The molecule has 296 valence electrons. The number of primary amides is 1. The lowest BCUT2D eigenvalue weighted by atomic mass is 9.89. The summed E-state index contributed by atoms with van der Waals surface area (Å²) in [7, 11) is 0. The zero-order valence-corrected chi connectivity index (χ0v) is 32.6. The van der Waals surface area contributed by atoms with Gasteiger partial charge in [-0.2, -0.15) is 0 Å². The maximum Gasteiger partial charge on any atom is 0.514 e. The number of alkyl carbamates (subject to hydrolysis) is 1. The number of amides is 4. The normalized spacial score (nSPS) is 12.5. The molecule has 1 aliphatic carbocycles. The number of nitrogens with two attached hydrogens (primary N) is 1. The van der Waals surface area contributed by atoms with Crippen molar-refractivity contribution in [3.63, 3.8) is 0 Å². The van der Waals surface area contributed by atoms with E-state index in [1.54, 1.807) is 36.4 Å². The molecule has 0 saturated heterocycles. The lowest BCUT2D eigenvalue weighted by Gasteiger charge is -2.24. The van der Waals surface area contributed by atoms with E-state index in [0.717, 1.165) is 27.8 Å². The number of hydrogen-bond donors (Lipinski definition) is 4. The molecule has 0 unspecified atom stereocenters. The van der Waals surface area contributed by atoms with E-state index in [1.165, 1.54) is 0 Å². The maximum atomic E-state index is 13.7. The van der Waals surface area contributed by atoms with Crippen molar-refractivity contribution in [2.75, 3.05) is 18.5 Å². The van der Waals surface area contributed by atoms with Crippen molar-refractivity contribution in [3.05, 3.63) is 119 Å². The van der Waals surface area contributed by atoms with Gasteiger partial charge in [-0.05, 0) is 77.8 Å². The van der Waals surface area contributed by atoms with Gasteiger partial charge in [0.25, 0.3) is 0 Å². The van der Waals surface area contributed by atoms with Gasteiger partial charge in [0.05, 0.1) is 6.04 Å². The van der Waals surface area contributed by atoms with Crippen LogP contribution in [0.15, 0.2) is 97.1 Å². The summed E-state index contributed by atoms with van der Waals surface area (Å²) >= 11 is 0. The van der Waals surface area contributed by atoms with Gasteiger partial charge in [-0.1, -0.05) is 106 Å². The molecule has 0 heterocycles. The highest BCUT2D eigenvalue weighted by Crippen LogP contribution is 2.44. The first kappa shape index (κ1) is 42.6. The number of urea groups is 1. The molecule has 5 rings (SSSR count). The molecule has 12 nitrogen and oxygen atoms in total. The van der Waals surface area contributed by atoms with Crippen LogP contribution in [0.25, 0.3) is 11.1 Å². The van der Waals surface area contributed by atoms with E-state index in [9.17, 15) is 24.0 Å². The van der Waals surface area contributed by atoms with Crippen molar-refractivity contribution < 1.29 is 38.2 Å². The molecule has 0 aromatic heterocycles. The van der Waals surface area contributed by atoms with Gasteiger partial charge in [0.1, 0.15) is 19.0 Å². The number of benzene rings is 4. The van der Waals surface area contributed by atoms with Crippen molar-refractivity contribution in [1.82, 2.24) is 10.6 Å². The number of rotatable bonds is 16. The van der Waals surface area contributed by atoms with Crippen LogP contribution in [0, 0.1) is 18.8 Å². The zero-order valence-electron chi connectivity index (χ0n) is 32.6. The van der Waals surface area contributed by atoms with Crippen molar-refractivity contribution >= 4 is 35.7 Å². The minimum Gasteiger partial charge on any atom is -0.449 e. The minimum absolute atomic E-state index is 0.0455. The fraction of sp³-hybridized carbons (Fsp3) is 0.341. The fourth-order valence-electron chi connectivity index (χ4n) is 6.44. The quantitative estimate of drug-likeness (QED) is 0.0501. The number of Topliss-reactive ketones (excluding diaryl/α,β-unsaturated/α-hetero) is 1. The molecular formula is C44H52N4O8. The molecule has 4 aromatic carbocycles. The Morgan fingerprint density at radius 1 is 0.786 bits per heavy atom. The lowest BCUT2D eigenvalue weighted by Crippen LogP contribution is -2.46. The Morgan fingerprint density at radius 3 is 1.98 bits per heavy atom. The maximum absolute atomic E-state index is 13.7. The van der Waals surface area contributed by atoms with Crippen LogP contribution >= 0.6 is 0 Å². The first-order chi connectivity index (χ1) is 27.0. The lowest BCUT2D eigenvalue weighted by molar-refractivity contribution is -0.128. The average Bonchev–Trinajstić information content (AvgIpc) is 3.51. The Bertz CT molecular complexity index is 1900. The molecule has 12 heteroatoms. The van der Waals surface area contributed by atoms with Gasteiger partial charge in [0, 0.05) is 30.5 Å². The summed E-state index contributed by atoms with van der Waals surface area (Å²) in [6.45, 7) is 9.82. The van der Waals surface area contributed by atoms with E-state index in [2.05, 4.69) is 28.1 Å². The van der Waals surface area contributed by atoms with Gasteiger partial charge in [-0.25, -0.2) is 14.4 Å². The number of nitrogens with one attached hydrogen (secondary N) is 3. The third kappa shape index (κ3) is 12.2. The van der Waals surface area contributed by atoms with Crippen molar-refractivity contribution in [3.8, 4) is 16.9 Å². The highest BCUT2D eigenvalue weighted by molar-refractivity contribution is 5.97. The molecule has 0 saturated carbocycles. The number of carbonyl (C=O) groups excluding carboxylic acids is 5. The molecule has 0 aliphatic heterocycles. The van der Waals surface area contributed by atoms with Gasteiger partial charge in [-0.3, -0.25) is 9.59 Å². The predicted molar refractivity (Wildman–Crippen MR) is 215 cm³/mol. The first-order valence-electron chi connectivity index (χ1n) is 19.0. The topological polar surface area (TPSA) is 175 Å². The number of fused-ring (bicyclic) bond motifs is 3. The molecule has 5 N–H and O–H groups in total. The van der Waals surface area contributed by atoms with Gasteiger partial charge in [0.2, 0.25) is 5.91 Å². The van der Waals surface area contributed by atoms with E-state index in [0.29, 0.717) is 23.4 Å². The van der Waals surface area contributed by atoms with Crippen LogP contribution in [-0.4, -0.2) is 49.2 Å². The SMILES string of the molecule is CC.Cc1ccc(OC(=O)OCc2ccc(NC(=O)[C@H](CCCNC(N)=O)CC(=O)[C@@H](NC(=O)OCC3c4ccccc4-c4ccccc43)C(C)C)cc2)cc1. The second-order valence-electron chi connectivity index (χ2n) is 13.6. The second kappa shape index (κ2) is 21.1. The zero-order chi connectivity index (χ0) is 40.6. The summed E-state index contributed by atoms with van der Waals surface area (Å²) in [5.74, 6) is -1.57. The highest BCUT2D eigenvalue weighted by Gasteiger charge is 2.32. The molecule has 0 fully saturated rings. The van der Waals surface area contributed by atoms with Gasteiger partial charge in [-0.15, -0.1) is 0 Å². The van der Waals surface area contributed by atoms with Crippen molar-refractivity contribution in [1.29, 1.82) is 0 Å². The second-order valence-corrected chi connectivity index (χ2v) is 13.6. The number of hydrogen-bond acceptors (Lipinski definition) is 8. The molecule has 0 bridgehead atoms. The Kier molecular flexibility index (Phi) is 16.0. The van der Waals surface area contributed by atoms with Crippen LogP contribution in [0.3, 0.4) is 0 Å². The molecule has 0 radical (unpaired) electrons. The summed E-state index contributed by atoms with van der Waals surface area (Å²) in [6, 6.07) is 28.1. The molecule has 56 heavy (non-hydrogen) atoms. The van der Waals surface area contributed by atoms with Gasteiger partial charge >= 0.3 is 18.3 Å².